The number of methoxy groups -OCH3 is 2. The Kier molecular flexibility index (Phi) is 3.43. The van der Waals surface area contributed by atoms with E-state index in [0.717, 1.165) is 27.7 Å². The van der Waals surface area contributed by atoms with Crippen LogP contribution in [0.2, 0.25) is 0 Å². The molecule has 2 aromatic carbocycles. The van der Waals surface area contributed by atoms with Gasteiger partial charge in [0.15, 0.2) is 11.5 Å². The minimum atomic E-state index is -1.02. The average Bonchev–Trinajstić information content (AvgIpc) is 3.22. The number of carboxylic acid groups (broad SMARTS) is 1. The SMILES string of the molecule is COc1ccc2c(c1OC)C(=O)N1[C@@H]2c2[nH]c3ccccc3c2C[C@H]1C(=O)O. The van der Waals surface area contributed by atoms with E-state index in [-0.39, 0.29) is 12.3 Å². The predicted molar refractivity (Wildman–Crippen MR) is 101 cm³/mol. The number of carbonyl (C=O) groups excluding carboxylic acids is 1. The van der Waals surface area contributed by atoms with E-state index in [1.165, 1.54) is 19.1 Å². The summed E-state index contributed by atoms with van der Waals surface area (Å²) in [7, 11) is 2.98. The van der Waals surface area contributed by atoms with Crippen LogP contribution in [-0.2, 0) is 11.2 Å². The van der Waals surface area contributed by atoms with Crippen molar-refractivity contribution in [2.75, 3.05) is 14.2 Å². The lowest BCUT2D eigenvalue weighted by molar-refractivity contribution is -0.143. The van der Waals surface area contributed by atoms with E-state index in [2.05, 4.69) is 4.98 Å². The molecular formula is C21H18N2O5. The van der Waals surface area contributed by atoms with Crippen LogP contribution in [0.5, 0.6) is 11.5 Å². The highest BCUT2D eigenvalue weighted by Gasteiger charge is 2.50. The number of ether oxygens (including phenoxy) is 2. The van der Waals surface area contributed by atoms with E-state index in [4.69, 9.17) is 9.47 Å². The van der Waals surface area contributed by atoms with Crippen LogP contribution in [-0.4, -0.2) is 47.1 Å². The quantitative estimate of drug-likeness (QED) is 0.731. The lowest BCUT2D eigenvalue weighted by Gasteiger charge is -2.35. The molecule has 0 bridgehead atoms. The Morgan fingerprint density at radius 2 is 1.96 bits per heavy atom. The van der Waals surface area contributed by atoms with Gasteiger partial charge in [0.25, 0.3) is 5.91 Å². The van der Waals surface area contributed by atoms with Gasteiger partial charge in [0.2, 0.25) is 0 Å². The van der Waals surface area contributed by atoms with E-state index >= 15 is 0 Å². The summed E-state index contributed by atoms with van der Waals surface area (Å²) in [5.74, 6) is -0.597. The molecular weight excluding hydrogens is 360 g/mol. The minimum Gasteiger partial charge on any atom is -0.493 e. The number of rotatable bonds is 3. The number of para-hydroxylation sites is 1. The summed E-state index contributed by atoms with van der Waals surface area (Å²) in [5, 5.41) is 10.9. The molecule has 28 heavy (non-hydrogen) atoms. The van der Waals surface area contributed by atoms with Gasteiger partial charge in [-0.05, 0) is 23.3 Å². The van der Waals surface area contributed by atoms with E-state index in [1.54, 1.807) is 6.07 Å². The molecule has 0 unspecified atom stereocenters. The Balaban J connectivity index is 1.82. The molecule has 2 aliphatic heterocycles. The van der Waals surface area contributed by atoms with Gasteiger partial charge in [-0.1, -0.05) is 24.3 Å². The standard InChI is InChI=1S/C21H18N2O5/c1-27-15-8-7-11-16(19(15)28-2)20(24)23-14(21(25)26)9-12-10-5-3-4-6-13(10)22-17(12)18(11)23/h3-8,14,18,22H,9H2,1-2H3,(H,25,26)/t14-,18-/m0/s1. The molecule has 3 heterocycles. The van der Waals surface area contributed by atoms with Gasteiger partial charge in [-0.25, -0.2) is 4.79 Å². The smallest absolute Gasteiger partial charge is 0.326 e. The number of benzene rings is 2. The van der Waals surface area contributed by atoms with E-state index in [0.29, 0.717) is 17.1 Å². The maximum absolute atomic E-state index is 13.3. The Hall–Kier alpha value is -3.48. The number of nitrogens with zero attached hydrogens (tertiary/aromatic N) is 1. The van der Waals surface area contributed by atoms with E-state index in [1.807, 2.05) is 30.3 Å². The van der Waals surface area contributed by atoms with Crippen LogP contribution in [0, 0.1) is 0 Å². The Morgan fingerprint density at radius 1 is 1.18 bits per heavy atom. The maximum Gasteiger partial charge on any atom is 0.326 e. The average molecular weight is 378 g/mol. The number of hydrogen-bond donors (Lipinski definition) is 2. The number of carboxylic acids is 1. The van der Waals surface area contributed by atoms with Crippen LogP contribution in [0.4, 0.5) is 0 Å². The highest BCUT2D eigenvalue weighted by atomic mass is 16.5. The molecule has 0 saturated carbocycles. The predicted octanol–water partition coefficient (Wildman–Crippen LogP) is 2.74. The fourth-order valence-corrected chi connectivity index (χ4v) is 4.58. The van der Waals surface area contributed by atoms with Gasteiger partial charge in [-0.3, -0.25) is 4.79 Å². The molecule has 142 valence electrons. The number of hydrogen-bond acceptors (Lipinski definition) is 4. The van der Waals surface area contributed by atoms with Gasteiger partial charge < -0.3 is 24.5 Å². The molecule has 0 radical (unpaired) electrons. The van der Waals surface area contributed by atoms with Gasteiger partial charge in [-0.2, -0.15) is 0 Å². The molecule has 0 aliphatic carbocycles. The third-order valence-corrected chi connectivity index (χ3v) is 5.74. The summed E-state index contributed by atoms with van der Waals surface area (Å²) >= 11 is 0. The zero-order valence-corrected chi connectivity index (χ0v) is 15.4. The summed E-state index contributed by atoms with van der Waals surface area (Å²) in [4.78, 5) is 30.3. The topological polar surface area (TPSA) is 91.9 Å². The van der Waals surface area contributed by atoms with Crippen LogP contribution in [0.15, 0.2) is 36.4 Å². The third kappa shape index (κ3) is 1.98. The number of aromatic amines is 1. The fourth-order valence-electron chi connectivity index (χ4n) is 4.58. The lowest BCUT2D eigenvalue weighted by Crippen LogP contribution is -2.48. The molecule has 2 aliphatic rings. The van der Waals surface area contributed by atoms with Gasteiger partial charge in [-0.15, -0.1) is 0 Å². The maximum atomic E-state index is 13.3. The molecule has 1 aromatic heterocycles. The van der Waals surface area contributed by atoms with E-state index < -0.39 is 18.1 Å². The van der Waals surface area contributed by atoms with Crippen molar-refractivity contribution in [2.24, 2.45) is 0 Å². The molecule has 7 nitrogen and oxygen atoms in total. The Labute approximate surface area is 160 Å². The Bertz CT molecular complexity index is 1150. The van der Waals surface area contributed by atoms with Crippen LogP contribution >= 0.6 is 0 Å². The van der Waals surface area contributed by atoms with Crippen molar-refractivity contribution < 1.29 is 24.2 Å². The second kappa shape index (κ2) is 5.76. The summed E-state index contributed by atoms with van der Waals surface area (Å²) in [6, 6.07) is 9.91. The second-order valence-corrected chi connectivity index (χ2v) is 7.00. The van der Waals surface area contributed by atoms with Crippen molar-refractivity contribution in [1.29, 1.82) is 0 Å². The van der Waals surface area contributed by atoms with Crippen molar-refractivity contribution in [3.05, 3.63) is 58.8 Å². The number of carbonyl (C=O) groups is 2. The molecule has 2 N–H and O–H groups in total. The summed E-state index contributed by atoms with van der Waals surface area (Å²) in [6.45, 7) is 0. The first kappa shape index (κ1) is 16.7. The van der Waals surface area contributed by atoms with Crippen molar-refractivity contribution in [1.82, 2.24) is 9.88 Å². The lowest BCUT2D eigenvalue weighted by atomic mass is 9.90. The van der Waals surface area contributed by atoms with Gasteiger partial charge in [0.05, 0.1) is 25.8 Å². The summed E-state index contributed by atoms with van der Waals surface area (Å²) in [6.07, 6.45) is 0.254. The molecule has 0 spiro atoms. The number of aliphatic carboxylic acids is 1. The monoisotopic (exact) mass is 378 g/mol. The van der Waals surface area contributed by atoms with Gasteiger partial charge in [0, 0.05) is 23.0 Å². The number of fused-ring (bicyclic) bond motifs is 7. The highest BCUT2D eigenvalue weighted by Crippen LogP contribution is 2.50. The molecule has 1 amide bonds. The van der Waals surface area contributed by atoms with Crippen molar-refractivity contribution in [2.45, 2.75) is 18.5 Å². The molecule has 7 heteroatoms. The molecule has 0 saturated heterocycles. The summed E-state index contributed by atoms with van der Waals surface area (Å²) in [5.41, 5.74) is 3.82. The van der Waals surface area contributed by atoms with Crippen molar-refractivity contribution >= 4 is 22.8 Å². The van der Waals surface area contributed by atoms with Crippen molar-refractivity contribution in [3.8, 4) is 11.5 Å². The van der Waals surface area contributed by atoms with Crippen molar-refractivity contribution in [3.63, 3.8) is 0 Å². The number of amides is 1. The largest absolute Gasteiger partial charge is 0.493 e. The minimum absolute atomic E-state index is 0.254. The first-order valence-corrected chi connectivity index (χ1v) is 8.96. The molecule has 5 rings (SSSR count). The Morgan fingerprint density at radius 3 is 2.68 bits per heavy atom. The van der Waals surface area contributed by atoms with E-state index in [9.17, 15) is 14.7 Å². The molecule has 0 fully saturated rings. The third-order valence-electron chi connectivity index (χ3n) is 5.74. The highest BCUT2D eigenvalue weighted by molar-refractivity contribution is 6.05. The normalized spacial score (nSPS) is 19.9. The number of nitrogens with one attached hydrogen (secondary N) is 1. The summed E-state index contributed by atoms with van der Waals surface area (Å²) < 4.78 is 10.8. The fraction of sp³-hybridized carbons (Fsp3) is 0.238. The van der Waals surface area contributed by atoms with Gasteiger partial charge in [0.1, 0.15) is 6.04 Å². The second-order valence-electron chi connectivity index (χ2n) is 7.00. The van der Waals surface area contributed by atoms with Crippen LogP contribution < -0.4 is 9.47 Å². The number of aromatic nitrogens is 1. The van der Waals surface area contributed by atoms with Crippen LogP contribution in [0.1, 0.15) is 33.2 Å². The first-order chi connectivity index (χ1) is 13.6. The zero-order chi connectivity index (χ0) is 19.6. The van der Waals surface area contributed by atoms with Crippen LogP contribution in [0.3, 0.4) is 0 Å². The number of H-pyrrole nitrogens is 1. The first-order valence-electron chi connectivity index (χ1n) is 8.96. The van der Waals surface area contributed by atoms with Gasteiger partial charge >= 0.3 is 5.97 Å². The zero-order valence-electron chi connectivity index (χ0n) is 15.4. The molecule has 3 aromatic rings. The van der Waals surface area contributed by atoms with Crippen LogP contribution in [0.25, 0.3) is 10.9 Å². The molecule has 2 atom stereocenters.